The van der Waals surface area contributed by atoms with Crippen LogP contribution in [0.3, 0.4) is 0 Å². The molecule has 1 fully saturated rings. The molecule has 0 radical (unpaired) electrons. The number of hydrogen-bond donors (Lipinski definition) is 2. The van der Waals surface area contributed by atoms with Gasteiger partial charge in [-0.1, -0.05) is 11.3 Å². The molecule has 120 valence electrons. The lowest BCUT2D eigenvalue weighted by molar-refractivity contribution is -0.122. The van der Waals surface area contributed by atoms with Crippen LogP contribution in [-0.2, 0) is 11.3 Å². The second kappa shape index (κ2) is 5.75. The lowest BCUT2D eigenvalue weighted by Gasteiger charge is -2.06. The van der Waals surface area contributed by atoms with Crippen molar-refractivity contribution in [2.45, 2.75) is 24.9 Å². The summed E-state index contributed by atoms with van der Waals surface area (Å²) in [4.78, 5) is 22.5. The summed E-state index contributed by atoms with van der Waals surface area (Å²) in [5.74, 6) is -3.33. The first-order valence-corrected chi connectivity index (χ1v) is 6.82. The van der Waals surface area contributed by atoms with E-state index >= 15 is 0 Å². The fourth-order valence-corrected chi connectivity index (χ4v) is 2.41. The van der Waals surface area contributed by atoms with E-state index in [0.717, 1.165) is 10.9 Å². The van der Waals surface area contributed by atoms with Crippen molar-refractivity contribution in [2.75, 3.05) is 0 Å². The maximum absolute atomic E-state index is 13.6. The van der Waals surface area contributed by atoms with Crippen molar-refractivity contribution in [3.8, 4) is 0 Å². The molecule has 0 saturated heterocycles. The van der Waals surface area contributed by atoms with Crippen LogP contribution in [0.4, 0.5) is 8.78 Å². The van der Waals surface area contributed by atoms with Gasteiger partial charge in [-0.15, -0.1) is 5.10 Å². The van der Waals surface area contributed by atoms with E-state index < -0.39 is 29.4 Å². The number of hydrogen-bond acceptors (Lipinski definition) is 4. The molecule has 1 aliphatic carbocycles. The molecule has 2 atom stereocenters. The highest BCUT2D eigenvalue weighted by atomic mass is 19.1. The zero-order chi connectivity index (χ0) is 16.6. The minimum absolute atomic E-state index is 0.0216. The van der Waals surface area contributed by atoms with E-state index in [2.05, 4.69) is 15.6 Å². The van der Waals surface area contributed by atoms with E-state index in [9.17, 15) is 18.4 Å². The van der Waals surface area contributed by atoms with Crippen molar-refractivity contribution in [3.05, 3.63) is 47.3 Å². The van der Waals surface area contributed by atoms with Crippen LogP contribution in [0.25, 0.3) is 0 Å². The Morgan fingerprint density at radius 3 is 2.65 bits per heavy atom. The number of halogens is 2. The molecule has 3 rings (SSSR count). The summed E-state index contributed by atoms with van der Waals surface area (Å²) >= 11 is 0. The molecule has 9 heteroatoms. The summed E-state index contributed by atoms with van der Waals surface area (Å²) in [5.41, 5.74) is -0.290. The standard InChI is InChI=1S/C14H12F2N4O3/c15-8-2-1-3-9(16)13(8)7-4-10(7)17-12(21)6-20-5-11(14(22)23)18-19-20/h1-3,5,7,10H,4,6H2,(H,17,21)(H,22,23). The third-order valence-corrected chi connectivity index (χ3v) is 3.57. The predicted octanol–water partition coefficient (Wildman–Crippen LogP) is 0.927. The molecule has 1 aliphatic rings. The van der Waals surface area contributed by atoms with Gasteiger partial charge in [0.05, 0.1) is 6.20 Å². The minimum atomic E-state index is -1.24. The van der Waals surface area contributed by atoms with Crippen LogP contribution < -0.4 is 5.32 Å². The van der Waals surface area contributed by atoms with E-state index in [1.807, 2.05) is 0 Å². The summed E-state index contributed by atoms with van der Waals surface area (Å²) in [5, 5.41) is 18.2. The van der Waals surface area contributed by atoms with Crippen molar-refractivity contribution < 1.29 is 23.5 Å². The minimum Gasteiger partial charge on any atom is -0.476 e. The van der Waals surface area contributed by atoms with Gasteiger partial charge in [-0.05, 0) is 18.6 Å². The molecule has 1 aromatic carbocycles. The van der Waals surface area contributed by atoms with Crippen LogP contribution in [0.5, 0.6) is 0 Å². The fourth-order valence-electron chi connectivity index (χ4n) is 2.41. The number of benzene rings is 1. The van der Waals surface area contributed by atoms with Gasteiger partial charge in [-0.3, -0.25) is 4.79 Å². The summed E-state index contributed by atoms with van der Waals surface area (Å²) in [6, 6.07) is 3.29. The molecule has 2 N–H and O–H groups in total. The van der Waals surface area contributed by atoms with Gasteiger partial charge in [0, 0.05) is 17.5 Å². The van der Waals surface area contributed by atoms with Crippen LogP contribution in [0, 0.1) is 11.6 Å². The monoisotopic (exact) mass is 322 g/mol. The number of carboxylic acid groups (broad SMARTS) is 1. The van der Waals surface area contributed by atoms with E-state index in [1.54, 1.807) is 0 Å². The van der Waals surface area contributed by atoms with Gasteiger partial charge in [0.25, 0.3) is 0 Å². The molecule has 1 amide bonds. The van der Waals surface area contributed by atoms with Crippen molar-refractivity contribution in [2.24, 2.45) is 0 Å². The number of aromatic nitrogens is 3. The number of aromatic carboxylic acids is 1. The zero-order valence-corrected chi connectivity index (χ0v) is 11.7. The largest absolute Gasteiger partial charge is 0.476 e. The highest BCUT2D eigenvalue weighted by Crippen LogP contribution is 2.43. The quantitative estimate of drug-likeness (QED) is 0.853. The molecule has 0 spiro atoms. The first-order chi connectivity index (χ1) is 11.0. The summed E-state index contributed by atoms with van der Waals surface area (Å²) in [6.07, 6.45) is 1.57. The fraction of sp³-hybridized carbons (Fsp3) is 0.286. The van der Waals surface area contributed by atoms with Gasteiger partial charge < -0.3 is 10.4 Å². The van der Waals surface area contributed by atoms with Crippen LogP contribution in [0.2, 0.25) is 0 Å². The van der Waals surface area contributed by atoms with Gasteiger partial charge in [-0.2, -0.15) is 0 Å². The Balaban J connectivity index is 1.58. The summed E-state index contributed by atoms with van der Waals surface area (Å²) < 4.78 is 28.4. The second-order valence-corrected chi connectivity index (χ2v) is 5.26. The average molecular weight is 322 g/mol. The SMILES string of the molecule is O=C(Cn1cc(C(=O)O)nn1)NC1CC1c1c(F)cccc1F. The van der Waals surface area contributed by atoms with Crippen LogP contribution in [0.15, 0.2) is 24.4 Å². The molecule has 1 heterocycles. The summed E-state index contributed by atoms with van der Waals surface area (Å²) in [6.45, 7) is -0.219. The first-order valence-electron chi connectivity index (χ1n) is 6.82. The Labute approximate surface area is 128 Å². The molecule has 2 aromatic rings. The number of amides is 1. The third-order valence-electron chi connectivity index (χ3n) is 3.57. The number of rotatable bonds is 5. The maximum Gasteiger partial charge on any atom is 0.358 e. The van der Waals surface area contributed by atoms with Crippen molar-refractivity contribution in [3.63, 3.8) is 0 Å². The number of nitrogens with zero attached hydrogens (tertiary/aromatic N) is 3. The van der Waals surface area contributed by atoms with Gasteiger partial charge >= 0.3 is 5.97 Å². The van der Waals surface area contributed by atoms with Crippen molar-refractivity contribution in [1.29, 1.82) is 0 Å². The number of carbonyl (C=O) groups excluding carboxylic acids is 1. The number of carboxylic acids is 1. The topological polar surface area (TPSA) is 97.1 Å². The normalized spacial score (nSPS) is 19.4. The molecule has 7 nitrogen and oxygen atoms in total. The third kappa shape index (κ3) is 3.17. The lowest BCUT2D eigenvalue weighted by atomic mass is 10.1. The van der Waals surface area contributed by atoms with E-state index in [0.29, 0.717) is 6.42 Å². The predicted molar refractivity (Wildman–Crippen MR) is 72.6 cm³/mol. The molecule has 1 saturated carbocycles. The van der Waals surface area contributed by atoms with E-state index in [4.69, 9.17) is 5.11 Å². The molecule has 0 aliphatic heterocycles. The van der Waals surface area contributed by atoms with Crippen molar-refractivity contribution in [1.82, 2.24) is 20.3 Å². The maximum atomic E-state index is 13.6. The van der Waals surface area contributed by atoms with Crippen LogP contribution in [0.1, 0.15) is 28.4 Å². The van der Waals surface area contributed by atoms with Crippen LogP contribution in [-0.4, -0.2) is 38.0 Å². The van der Waals surface area contributed by atoms with Gasteiger partial charge in [-0.25, -0.2) is 18.3 Å². The second-order valence-electron chi connectivity index (χ2n) is 5.26. The lowest BCUT2D eigenvalue weighted by Crippen LogP contribution is -2.30. The first kappa shape index (κ1) is 15.1. The van der Waals surface area contributed by atoms with E-state index in [1.165, 1.54) is 18.2 Å². The van der Waals surface area contributed by atoms with Gasteiger partial charge in [0.2, 0.25) is 5.91 Å². The molecular formula is C14H12F2N4O3. The highest BCUT2D eigenvalue weighted by molar-refractivity contribution is 5.84. The van der Waals surface area contributed by atoms with Crippen LogP contribution >= 0.6 is 0 Å². The molecular weight excluding hydrogens is 310 g/mol. The Morgan fingerprint density at radius 1 is 1.35 bits per heavy atom. The highest BCUT2D eigenvalue weighted by Gasteiger charge is 2.42. The Bertz CT molecular complexity index is 757. The Kier molecular flexibility index (Phi) is 3.77. The Hall–Kier alpha value is -2.84. The van der Waals surface area contributed by atoms with E-state index in [-0.39, 0.29) is 23.8 Å². The summed E-state index contributed by atoms with van der Waals surface area (Å²) in [7, 11) is 0. The molecule has 1 aromatic heterocycles. The molecule has 0 bridgehead atoms. The van der Waals surface area contributed by atoms with Gasteiger partial charge in [0.1, 0.15) is 18.2 Å². The molecule has 2 unspecified atom stereocenters. The Morgan fingerprint density at radius 2 is 2.04 bits per heavy atom. The molecule has 23 heavy (non-hydrogen) atoms. The number of nitrogens with one attached hydrogen (secondary N) is 1. The smallest absolute Gasteiger partial charge is 0.358 e. The zero-order valence-electron chi connectivity index (χ0n) is 11.7. The average Bonchev–Trinajstić information content (AvgIpc) is 3.04. The number of carbonyl (C=O) groups is 2. The van der Waals surface area contributed by atoms with Gasteiger partial charge in [0.15, 0.2) is 5.69 Å². The van der Waals surface area contributed by atoms with Crippen molar-refractivity contribution >= 4 is 11.9 Å².